The Balaban J connectivity index is 1.48. The first-order chi connectivity index (χ1) is 14.5. The van der Waals surface area contributed by atoms with Gasteiger partial charge in [0.2, 0.25) is 0 Å². The van der Waals surface area contributed by atoms with Gasteiger partial charge in [0.15, 0.2) is 0 Å². The molecule has 0 saturated carbocycles. The number of benzene rings is 2. The van der Waals surface area contributed by atoms with E-state index in [9.17, 15) is 31.1 Å². The van der Waals surface area contributed by atoms with Crippen LogP contribution in [0.2, 0.25) is 0 Å². The highest BCUT2D eigenvalue weighted by molar-refractivity contribution is 5.74. The van der Waals surface area contributed by atoms with Gasteiger partial charge in [0.05, 0.1) is 5.56 Å². The molecule has 0 aromatic heterocycles. The Morgan fingerprint density at radius 1 is 0.935 bits per heavy atom. The molecule has 0 radical (unpaired) electrons. The first-order valence-electron chi connectivity index (χ1n) is 9.31. The quantitative estimate of drug-likeness (QED) is 0.695. The summed E-state index contributed by atoms with van der Waals surface area (Å²) in [5, 5.41) is 2.68. The van der Waals surface area contributed by atoms with Crippen LogP contribution in [0.25, 0.3) is 0 Å². The fourth-order valence-corrected chi connectivity index (χ4v) is 3.15. The maximum Gasteiger partial charge on any atom is 0.573 e. The van der Waals surface area contributed by atoms with E-state index in [1.807, 2.05) is 0 Å². The number of anilines is 1. The molecule has 11 heteroatoms. The van der Waals surface area contributed by atoms with Crippen molar-refractivity contribution in [2.45, 2.75) is 19.1 Å². The Bertz CT molecular complexity index is 891. The summed E-state index contributed by atoms with van der Waals surface area (Å²) in [5.41, 5.74) is 0.304. The van der Waals surface area contributed by atoms with E-state index in [1.165, 1.54) is 23.1 Å². The monoisotopic (exact) mass is 447 g/mol. The molecular weight excluding hydrogens is 428 g/mol. The molecule has 0 spiro atoms. The minimum Gasteiger partial charge on any atom is -0.406 e. The van der Waals surface area contributed by atoms with Crippen LogP contribution < -0.4 is 15.0 Å². The molecule has 3 rings (SSSR count). The predicted molar refractivity (Wildman–Crippen MR) is 101 cm³/mol. The van der Waals surface area contributed by atoms with Crippen molar-refractivity contribution >= 4 is 11.7 Å². The summed E-state index contributed by atoms with van der Waals surface area (Å²) in [4.78, 5) is 15.6. The number of carbonyl (C=O) groups is 1. The van der Waals surface area contributed by atoms with Gasteiger partial charge < -0.3 is 19.9 Å². The Hall–Kier alpha value is -3.11. The van der Waals surface area contributed by atoms with Crippen LogP contribution in [0.5, 0.6) is 5.75 Å². The molecule has 2 aromatic carbocycles. The van der Waals surface area contributed by atoms with E-state index in [1.54, 1.807) is 11.0 Å². The highest BCUT2D eigenvalue weighted by Gasteiger charge is 2.32. The predicted octanol–water partition coefficient (Wildman–Crippen LogP) is 4.64. The standard InChI is InChI=1S/C20H19F6N3O2/c21-19(22,23)15-2-1-3-16(12-15)28-8-10-29(11-9-28)18(30)27-13-14-4-6-17(7-5-14)31-20(24,25)26/h1-7,12H,8-11,13H2,(H,27,30). The lowest BCUT2D eigenvalue weighted by Gasteiger charge is -2.36. The van der Waals surface area contributed by atoms with Crippen molar-refractivity contribution < 1.29 is 35.9 Å². The van der Waals surface area contributed by atoms with Crippen molar-refractivity contribution in [3.05, 3.63) is 59.7 Å². The van der Waals surface area contributed by atoms with Crippen LogP contribution in [-0.4, -0.2) is 43.5 Å². The smallest absolute Gasteiger partial charge is 0.406 e. The van der Waals surface area contributed by atoms with Crippen molar-refractivity contribution in [3.63, 3.8) is 0 Å². The van der Waals surface area contributed by atoms with E-state index < -0.39 is 18.1 Å². The first kappa shape index (κ1) is 22.6. The topological polar surface area (TPSA) is 44.8 Å². The molecule has 31 heavy (non-hydrogen) atoms. The van der Waals surface area contributed by atoms with Gasteiger partial charge in [0.25, 0.3) is 0 Å². The Morgan fingerprint density at radius 2 is 1.58 bits per heavy atom. The Labute approximate surface area is 174 Å². The zero-order valence-corrected chi connectivity index (χ0v) is 16.1. The molecule has 1 saturated heterocycles. The average molecular weight is 447 g/mol. The molecule has 0 aliphatic carbocycles. The van der Waals surface area contributed by atoms with E-state index in [0.717, 1.165) is 24.3 Å². The zero-order valence-electron chi connectivity index (χ0n) is 16.1. The van der Waals surface area contributed by atoms with Crippen LogP contribution in [0, 0.1) is 0 Å². The summed E-state index contributed by atoms with van der Waals surface area (Å²) < 4.78 is 79.0. The lowest BCUT2D eigenvalue weighted by Crippen LogP contribution is -2.51. The van der Waals surface area contributed by atoms with E-state index >= 15 is 0 Å². The second kappa shape index (κ2) is 8.94. The van der Waals surface area contributed by atoms with Gasteiger partial charge in [-0.15, -0.1) is 13.2 Å². The number of halogens is 6. The van der Waals surface area contributed by atoms with Crippen molar-refractivity contribution in [1.82, 2.24) is 10.2 Å². The van der Waals surface area contributed by atoms with Gasteiger partial charge in [-0.25, -0.2) is 4.79 Å². The summed E-state index contributed by atoms with van der Waals surface area (Å²) in [5.74, 6) is -0.353. The van der Waals surface area contributed by atoms with Crippen molar-refractivity contribution in [2.75, 3.05) is 31.1 Å². The summed E-state index contributed by atoms with van der Waals surface area (Å²) in [7, 11) is 0. The molecular formula is C20H19F6N3O2. The highest BCUT2D eigenvalue weighted by atomic mass is 19.4. The van der Waals surface area contributed by atoms with Gasteiger partial charge in [0, 0.05) is 38.4 Å². The third kappa shape index (κ3) is 6.43. The normalized spacial score (nSPS) is 15.0. The summed E-state index contributed by atoms with van der Waals surface area (Å²) in [6.45, 7) is 1.50. The van der Waals surface area contributed by atoms with Gasteiger partial charge in [0.1, 0.15) is 5.75 Å². The molecule has 2 aromatic rings. The maximum absolute atomic E-state index is 12.9. The van der Waals surface area contributed by atoms with Crippen LogP contribution in [0.3, 0.4) is 0 Å². The lowest BCUT2D eigenvalue weighted by molar-refractivity contribution is -0.274. The van der Waals surface area contributed by atoms with Crippen molar-refractivity contribution in [1.29, 1.82) is 0 Å². The Kier molecular flexibility index (Phi) is 6.51. The molecule has 1 N–H and O–H groups in total. The van der Waals surface area contributed by atoms with Gasteiger partial charge >= 0.3 is 18.6 Å². The number of piperazine rings is 1. The van der Waals surface area contributed by atoms with Gasteiger partial charge in [-0.2, -0.15) is 13.2 Å². The molecule has 168 valence electrons. The van der Waals surface area contributed by atoms with Gasteiger partial charge in [-0.1, -0.05) is 18.2 Å². The fourth-order valence-electron chi connectivity index (χ4n) is 3.15. The molecule has 0 unspecified atom stereocenters. The molecule has 2 amide bonds. The van der Waals surface area contributed by atoms with E-state index in [4.69, 9.17) is 0 Å². The van der Waals surface area contributed by atoms with Crippen LogP contribution in [0.15, 0.2) is 48.5 Å². The summed E-state index contributed by atoms with van der Waals surface area (Å²) in [6, 6.07) is 9.81. The van der Waals surface area contributed by atoms with Crippen molar-refractivity contribution in [2.24, 2.45) is 0 Å². The third-order valence-corrected chi connectivity index (χ3v) is 4.71. The number of amides is 2. The molecule has 1 fully saturated rings. The van der Waals surface area contributed by atoms with Gasteiger partial charge in [-0.05, 0) is 35.9 Å². The zero-order chi connectivity index (χ0) is 22.6. The number of hydrogen-bond donors (Lipinski definition) is 1. The lowest BCUT2D eigenvalue weighted by atomic mass is 10.1. The molecule has 1 heterocycles. The van der Waals surface area contributed by atoms with Crippen molar-refractivity contribution in [3.8, 4) is 5.75 Å². The number of nitrogens with zero attached hydrogens (tertiary/aromatic N) is 2. The van der Waals surface area contributed by atoms with Crippen LogP contribution in [0.1, 0.15) is 11.1 Å². The van der Waals surface area contributed by atoms with Crippen LogP contribution in [0.4, 0.5) is 36.8 Å². The van der Waals surface area contributed by atoms with E-state index in [2.05, 4.69) is 10.1 Å². The number of alkyl halides is 6. The SMILES string of the molecule is O=C(NCc1ccc(OC(F)(F)F)cc1)N1CCN(c2cccc(C(F)(F)F)c2)CC1. The third-order valence-electron chi connectivity index (χ3n) is 4.71. The number of urea groups is 1. The number of ether oxygens (including phenoxy) is 1. The maximum atomic E-state index is 12.9. The molecule has 0 atom stereocenters. The second-order valence-corrected chi connectivity index (χ2v) is 6.87. The number of rotatable bonds is 4. The number of carbonyl (C=O) groups excluding carboxylic acids is 1. The largest absolute Gasteiger partial charge is 0.573 e. The Morgan fingerprint density at radius 3 is 2.16 bits per heavy atom. The summed E-state index contributed by atoms with van der Waals surface area (Å²) >= 11 is 0. The first-order valence-corrected chi connectivity index (χ1v) is 9.31. The number of nitrogens with one attached hydrogen (secondary N) is 1. The fraction of sp³-hybridized carbons (Fsp3) is 0.350. The highest BCUT2D eigenvalue weighted by Crippen LogP contribution is 2.32. The van der Waals surface area contributed by atoms with Gasteiger partial charge in [-0.3, -0.25) is 0 Å². The minimum atomic E-state index is -4.77. The number of hydrogen-bond acceptors (Lipinski definition) is 3. The molecule has 1 aliphatic heterocycles. The minimum absolute atomic E-state index is 0.110. The molecule has 0 bridgehead atoms. The summed E-state index contributed by atoms with van der Waals surface area (Å²) in [6.07, 6.45) is -9.19. The molecule has 5 nitrogen and oxygen atoms in total. The van der Waals surface area contributed by atoms with Crippen LogP contribution >= 0.6 is 0 Å². The average Bonchev–Trinajstić information content (AvgIpc) is 2.71. The van der Waals surface area contributed by atoms with E-state index in [0.29, 0.717) is 37.4 Å². The second-order valence-electron chi connectivity index (χ2n) is 6.87. The van der Waals surface area contributed by atoms with E-state index in [-0.39, 0.29) is 18.3 Å². The molecule has 1 aliphatic rings. The van der Waals surface area contributed by atoms with Crippen LogP contribution in [-0.2, 0) is 12.7 Å².